The molecule has 0 spiro atoms. The number of nitrogens with zero attached hydrogens (tertiary/aromatic N) is 1. The first kappa shape index (κ1) is 13.0. The molecule has 15 heavy (non-hydrogen) atoms. The maximum absolute atomic E-state index is 2.69. The van der Waals surface area contributed by atoms with Crippen molar-refractivity contribution in [3.05, 3.63) is 0 Å². The lowest BCUT2D eigenvalue weighted by Gasteiger charge is -2.40. The van der Waals surface area contributed by atoms with Gasteiger partial charge in [-0.3, -0.25) is 4.90 Å². The van der Waals surface area contributed by atoms with Crippen molar-refractivity contribution >= 4 is 0 Å². The van der Waals surface area contributed by atoms with Crippen molar-refractivity contribution in [1.29, 1.82) is 0 Å². The van der Waals surface area contributed by atoms with E-state index in [1.165, 1.54) is 25.9 Å². The van der Waals surface area contributed by atoms with Crippen molar-refractivity contribution in [1.82, 2.24) is 4.90 Å². The van der Waals surface area contributed by atoms with Gasteiger partial charge in [-0.05, 0) is 36.8 Å². The molecule has 1 nitrogen and oxygen atoms in total. The summed E-state index contributed by atoms with van der Waals surface area (Å²) in [5.41, 5.74) is 0.431. The predicted octanol–water partition coefficient (Wildman–Crippen LogP) is 3.79. The van der Waals surface area contributed by atoms with E-state index in [0.29, 0.717) is 5.41 Å². The SMILES string of the molecule is CCC(C)C1CCN(CC)C1C(C)(C)C. The second-order valence-electron chi connectivity index (χ2n) is 6.28. The molecule has 90 valence electrons. The van der Waals surface area contributed by atoms with Crippen molar-refractivity contribution in [3.8, 4) is 0 Å². The van der Waals surface area contributed by atoms with Gasteiger partial charge < -0.3 is 0 Å². The minimum atomic E-state index is 0.431. The van der Waals surface area contributed by atoms with Crippen LogP contribution in [0.15, 0.2) is 0 Å². The average molecular weight is 211 g/mol. The van der Waals surface area contributed by atoms with Crippen LogP contribution >= 0.6 is 0 Å². The fourth-order valence-electron chi connectivity index (χ4n) is 3.33. The van der Waals surface area contributed by atoms with E-state index in [4.69, 9.17) is 0 Å². The van der Waals surface area contributed by atoms with Gasteiger partial charge in [-0.15, -0.1) is 0 Å². The molecule has 1 aliphatic heterocycles. The maximum Gasteiger partial charge on any atom is 0.0175 e. The Labute approximate surface area is 96.2 Å². The van der Waals surface area contributed by atoms with Crippen molar-refractivity contribution in [2.24, 2.45) is 17.3 Å². The second-order valence-corrected chi connectivity index (χ2v) is 6.28. The van der Waals surface area contributed by atoms with E-state index in [2.05, 4.69) is 46.4 Å². The van der Waals surface area contributed by atoms with Gasteiger partial charge in [0.25, 0.3) is 0 Å². The molecule has 1 aliphatic rings. The highest BCUT2D eigenvalue weighted by molar-refractivity contribution is 4.95. The van der Waals surface area contributed by atoms with E-state index >= 15 is 0 Å². The summed E-state index contributed by atoms with van der Waals surface area (Å²) in [5, 5.41) is 0. The van der Waals surface area contributed by atoms with E-state index in [-0.39, 0.29) is 0 Å². The number of hydrogen-bond donors (Lipinski definition) is 0. The Morgan fingerprint density at radius 3 is 2.27 bits per heavy atom. The molecule has 0 aliphatic carbocycles. The van der Waals surface area contributed by atoms with Crippen molar-refractivity contribution in [2.75, 3.05) is 13.1 Å². The van der Waals surface area contributed by atoms with Gasteiger partial charge in [-0.25, -0.2) is 0 Å². The minimum Gasteiger partial charge on any atom is -0.300 e. The van der Waals surface area contributed by atoms with Gasteiger partial charge in [0, 0.05) is 6.04 Å². The summed E-state index contributed by atoms with van der Waals surface area (Å²) < 4.78 is 0. The largest absolute Gasteiger partial charge is 0.300 e. The first-order valence-electron chi connectivity index (χ1n) is 6.65. The van der Waals surface area contributed by atoms with E-state index in [9.17, 15) is 0 Å². The zero-order valence-corrected chi connectivity index (χ0v) is 11.5. The Balaban J connectivity index is 2.81. The van der Waals surface area contributed by atoms with Crippen LogP contribution in [0.2, 0.25) is 0 Å². The lowest BCUT2D eigenvalue weighted by atomic mass is 9.74. The summed E-state index contributed by atoms with van der Waals surface area (Å²) >= 11 is 0. The van der Waals surface area contributed by atoms with Crippen LogP contribution < -0.4 is 0 Å². The molecule has 1 fully saturated rings. The Morgan fingerprint density at radius 1 is 1.27 bits per heavy atom. The zero-order chi connectivity index (χ0) is 11.6. The topological polar surface area (TPSA) is 3.24 Å². The molecular weight excluding hydrogens is 182 g/mol. The summed E-state index contributed by atoms with van der Waals surface area (Å²) in [6.07, 6.45) is 2.74. The van der Waals surface area contributed by atoms with Gasteiger partial charge >= 0.3 is 0 Å². The Morgan fingerprint density at radius 2 is 1.87 bits per heavy atom. The van der Waals surface area contributed by atoms with Crippen LogP contribution in [0.3, 0.4) is 0 Å². The molecule has 3 unspecified atom stereocenters. The molecule has 1 rings (SSSR count). The van der Waals surface area contributed by atoms with Gasteiger partial charge in [0.05, 0.1) is 0 Å². The third-order valence-corrected chi connectivity index (χ3v) is 4.22. The summed E-state index contributed by atoms with van der Waals surface area (Å²) in [7, 11) is 0. The number of hydrogen-bond acceptors (Lipinski definition) is 1. The standard InChI is InChI=1S/C14H29N/c1-7-11(3)12-9-10-15(8-2)13(12)14(4,5)6/h11-13H,7-10H2,1-6H3. The highest BCUT2D eigenvalue weighted by Crippen LogP contribution is 2.41. The maximum atomic E-state index is 2.69. The molecule has 1 saturated heterocycles. The molecule has 3 atom stereocenters. The lowest BCUT2D eigenvalue weighted by molar-refractivity contribution is 0.0943. The molecular formula is C14H29N. The number of rotatable bonds is 3. The van der Waals surface area contributed by atoms with Crippen molar-refractivity contribution in [2.45, 2.75) is 60.4 Å². The van der Waals surface area contributed by atoms with Crippen LogP contribution in [-0.4, -0.2) is 24.0 Å². The van der Waals surface area contributed by atoms with Gasteiger partial charge in [-0.2, -0.15) is 0 Å². The Kier molecular flexibility index (Phi) is 4.22. The summed E-state index contributed by atoms with van der Waals surface area (Å²) in [5.74, 6) is 1.79. The molecule has 0 amide bonds. The van der Waals surface area contributed by atoms with Crippen molar-refractivity contribution < 1.29 is 0 Å². The van der Waals surface area contributed by atoms with Crippen LogP contribution in [0.5, 0.6) is 0 Å². The lowest BCUT2D eigenvalue weighted by Crippen LogP contribution is -2.44. The quantitative estimate of drug-likeness (QED) is 0.686. The molecule has 0 radical (unpaired) electrons. The van der Waals surface area contributed by atoms with Crippen LogP contribution in [0, 0.1) is 17.3 Å². The van der Waals surface area contributed by atoms with Gasteiger partial charge in [0.2, 0.25) is 0 Å². The first-order valence-corrected chi connectivity index (χ1v) is 6.65. The molecule has 0 aromatic carbocycles. The second kappa shape index (κ2) is 4.86. The van der Waals surface area contributed by atoms with E-state index in [1.807, 2.05) is 0 Å². The van der Waals surface area contributed by atoms with Crippen LogP contribution in [0.4, 0.5) is 0 Å². The van der Waals surface area contributed by atoms with E-state index < -0.39 is 0 Å². The van der Waals surface area contributed by atoms with Crippen LogP contribution in [0.25, 0.3) is 0 Å². The molecule has 0 aromatic rings. The molecule has 0 N–H and O–H groups in total. The molecule has 0 saturated carbocycles. The Bertz CT molecular complexity index is 192. The van der Waals surface area contributed by atoms with Gasteiger partial charge in [-0.1, -0.05) is 48.0 Å². The smallest absolute Gasteiger partial charge is 0.0175 e. The molecule has 0 aromatic heterocycles. The van der Waals surface area contributed by atoms with Gasteiger partial charge in [0.15, 0.2) is 0 Å². The molecule has 0 bridgehead atoms. The Hall–Kier alpha value is -0.0400. The number of likely N-dealkylation sites (tertiary alicyclic amines) is 1. The van der Waals surface area contributed by atoms with Crippen LogP contribution in [0.1, 0.15) is 54.4 Å². The third kappa shape index (κ3) is 2.75. The highest BCUT2D eigenvalue weighted by Gasteiger charge is 2.42. The van der Waals surface area contributed by atoms with Crippen molar-refractivity contribution in [3.63, 3.8) is 0 Å². The predicted molar refractivity (Wildman–Crippen MR) is 68.1 cm³/mol. The van der Waals surface area contributed by atoms with Gasteiger partial charge in [0.1, 0.15) is 0 Å². The fourth-order valence-corrected chi connectivity index (χ4v) is 3.33. The summed E-state index contributed by atoms with van der Waals surface area (Å²) in [4.78, 5) is 2.69. The average Bonchev–Trinajstić information content (AvgIpc) is 2.59. The third-order valence-electron chi connectivity index (χ3n) is 4.22. The van der Waals surface area contributed by atoms with E-state index in [1.54, 1.807) is 0 Å². The fraction of sp³-hybridized carbons (Fsp3) is 1.00. The van der Waals surface area contributed by atoms with E-state index in [0.717, 1.165) is 17.9 Å². The van der Waals surface area contributed by atoms with Crippen LogP contribution in [-0.2, 0) is 0 Å². The summed E-state index contributed by atoms with van der Waals surface area (Å²) in [6.45, 7) is 16.8. The molecule has 1 heteroatoms. The molecule has 1 heterocycles. The minimum absolute atomic E-state index is 0.431. The first-order chi connectivity index (χ1) is 6.91. The summed E-state index contributed by atoms with van der Waals surface area (Å²) in [6, 6.07) is 0.789. The monoisotopic (exact) mass is 211 g/mol. The normalized spacial score (nSPS) is 30.8. The highest BCUT2D eigenvalue weighted by atomic mass is 15.2. The zero-order valence-electron chi connectivity index (χ0n) is 11.5.